The van der Waals surface area contributed by atoms with Crippen LogP contribution in [0.1, 0.15) is 25.7 Å². The van der Waals surface area contributed by atoms with Gasteiger partial charge >= 0.3 is 0 Å². The lowest BCUT2D eigenvalue weighted by Crippen LogP contribution is -2.07. The molecule has 1 N–H and O–H groups in total. The first-order valence-corrected chi connectivity index (χ1v) is 6.33. The molecule has 0 heterocycles. The van der Waals surface area contributed by atoms with E-state index >= 15 is 0 Å². The van der Waals surface area contributed by atoms with E-state index in [4.69, 9.17) is 0 Å². The highest BCUT2D eigenvalue weighted by atomic mass is 14.9. The summed E-state index contributed by atoms with van der Waals surface area (Å²) in [4.78, 5) is 0. The molecule has 0 unspecified atom stereocenters. The summed E-state index contributed by atoms with van der Waals surface area (Å²) in [6, 6.07) is 10.4. The monoisotopic (exact) mass is 223 g/mol. The summed E-state index contributed by atoms with van der Waals surface area (Å²) in [5.41, 5.74) is 5.58. The fraction of sp³-hybridized carbons (Fsp3) is 0.250. The van der Waals surface area contributed by atoms with Crippen LogP contribution in [0.3, 0.4) is 0 Å². The Bertz CT molecular complexity index is 492. The van der Waals surface area contributed by atoms with Crippen molar-refractivity contribution >= 4 is 5.69 Å². The van der Waals surface area contributed by atoms with Gasteiger partial charge in [-0.25, -0.2) is 0 Å². The number of nitrogens with one attached hydrogen (secondary N) is 1. The third-order valence-corrected chi connectivity index (χ3v) is 3.42. The lowest BCUT2D eigenvalue weighted by molar-refractivity contribution is 0.808. The van der Waals surface area contributed by atoms with Crippen LogP contribution in [-0.4, -0.2) is 0 Å². The van der Waals surface area contributed by atoms with Gasteiger partial charge in [-0.3, -0.25) is 0 Å². The van der Waals surface area contributed by atoms with Crippen LogP contribution in [0.2, 0.25) is 0 Å². The van der Waals surface area contributed by atoms with Crippen molar-refractivity contribution in [1.29, 1.82) is 0 Å². The second-order valence-corrected chi connectivity index (χ2v) is 4.66. The second kappa shape index (κ2) is 4.62. The summed E-state index contributed by atoms with van der Waals surface area (Å²) in [7, 11) is 0. The molecule has 1 heteroatoms. The zero-order valence-corrected chi connectivity index (χ0v) is 9.95. The van der Waals surface area contributed by atoms with Crippen molar-refractivity contribution in [2.75, 3.05) is 5.32 Å². The molecule has 0 saturated heterocycles. The Morgan fingerprint density at radius 1 is 0.941 bits per heavy atom. The van der Waals surface area contributed by atoms with Gasteiger partial charge in [0.1, 0.15) is 0 Å². The van der Waals surface area contributed by atoms with Crippen molar-refractivity contribution < 1.29 is 0 Å². The number of hydrogen-bond donors (Lipinski definition) is 1. The van der Waals surface area contributed by atoms with Crippen molar-refractivity contribution in [3.63, 3.8) is 0 Å². The quantitative estimate of drug-likeness (QED) is 0.782. The van der Waals surface area contributed by atoms with Crippen molar-refractivity contribution in [3.8, 4) is 0 Å². The van der Waals surface area contributed by atoms with E-state index in [0.717, 1.165) is 6.42 Å². The normalized spacial score (nSPS) is 18.7. The van der Waals surface area contributed by atoms with E-state index in [1.165, 1.54) is 36.2 Å². The first kappa shape index (κ1) is 10.4. The SMILES string of the molecule is C1=CC2=C(CC1)CCC(Nc1ccccc1)=C2. The highest BCUT2D eigenvalue weighted by molar-refractivity contribution is 5.52. The Kier molecular flexibility index (Phi) is 2.83. The van der Waals surface area contributed by atoms with Crippen molar-refractivity contribution in [1.82, 2.24) is 0 Å². The van der Waals surface area contributed by atoms with Crippen LogP contribution in [-0.2, 0) is 0 Å². The van der Waals surface area contributed by atoms with E-state index in [9.17, 15) is 0 Å². The molecule has 17 heavy (non-hydrogen) atoms. The van der Waals surface area contributed by atoms with Crippen LogP contribution in [0.25, 0.3) is 0 Å². The topological polar surface area (TPSA) is 12.0 Å². The van der Waals surface area contributed by atoms with E-state index < -0.39 is 0 Å². The Morgan fingerprint density at radius 3 is 2.71 bits per heavy atom. The molecule has 2 aliphatic carbocycles. The molecule has 1 aromatic carbocycles. The highest BCUT2D eigenvalue weighted by Gasteiger charge is 2.13. The minimum atomic E-state index is 1.14. The van der Waals surface area contributed by atoms with Gasteiger partial charge in [0.2, 0.25) is 0 Å². The summed E-state index contributed by atoms with van der Waals surface area (Å²) < 4.78 is 0. The average molecular weight is 223 g/mol. The van der Waals surface area contributed by atoms with Gasteiger partial charge in [-0.15, -0.1) is 0 Å². The van der Waals surface area contributed by atoms with Crippen LogP contribution >= 0.6 is 0 Å². The average Bonchev–Trinajstić information content (AvgIpc) is 2.40. The predicted octanol–water partition coefficient (Wildman–Crippen LogP) is 4.42. The molecular formula is C16H17N. The third-order valence-electron chi connectivity index (χ3n) is 3.42. The summed E-state index contributed by atoms with van der Waals surface area (Å²) in [6.07, 6.45) is 11.7. The minimum Gasteiger partial charge on any atom is -0.359 e. The number of benzene rings is 1. The maximum Gasteiger partial charge on any atom is 0.0381 e. The number of rotatable bonds is 2. The molecule has 1 aromatic rings. The van der Waals surface area contributed by atoms with E-state index in [1.807, 2.05) is 6.07 Å². The lowest BCUT2D eigenvalue weighted by atomic mass is 9.89. The van der Waals surface area contributed by atoms with Crippen LogP contribution < -0.4 is 5.32 Å². The van der Waals surface area contributed by atoms with Crippen LogP contribution in [0, 0.1) is 0 Å². The summed E-state index contributed by atoms with van der Waals surface area (Å²) >= 11 is 0. The standard InChI is InChI=1S/C16H17N/c1-2-8-15(9-3-1)17-16-11-10-13-6-4-5-7-14(13)12-16/h1-3,5,7-9,12,17H,4,6,10-11H2. The van der Waals surface area contributed by atoms with Crippen molar-refractivity contribution in [2.24, 2.45) is 0 Å². The van der Waals surface area contributed by atoms with E-state index in [2.05, 4.69) is 47.8 Å². The van der Waals surface area contributed by atoms with Crippen molar-refractivity contribution in [3.05, 3.63) is 65.4 Å². The number of allylic oxidation sites excluding steroid dienone is 6. The van der Waals surface area contributed by atoms with Crippen LogP contribution in [0.15, 0.2) is 65.4 Å². The fourth-order valence-electron chi connectivity index (χ4n) is 2.50. The van der Waals surface area contributed by atoms with E-state index in [-0.39, 0.29) is 0 Å². The number of para-hydroxylation sites is 1. The van der Waals surface area contributed by atoms with Gasteiger partial charge in [0, 0.05) is 11.4 Å². The van der Waals surface area contributed by atoms with Crippen LogP contribution in [0.4, 0.5) is 5.69 Å². The van der Waals surface area contributed by atoms with Gasteiger partial charge < -0.3 is 5.32 Å². The van der Waals surface area contributed by atoms with Gasteiger partial charge in [0.25, 0.3) is 0 Å². The highest BCUT2D eigenvalue weighted by Crippen LogP contribution is 2.31. The van der Waals surface area contributed by atoms with E-state index in [1.54, 1.807) is 5.57 Å². The summed E-state index contributed by atoms with van der Waals surface area (Å²) in [5.74, 6) is 0. The zero-order chi connectivity index (χ0) is 11.5. The first-order chi connectivity index (χ1) is 8.42. The Balaban J connectivity index is 1.79. The molecule has 86 valence electrons. The zero-order valence-electron chi connectivity index (χ0n) is 9.95. The minimum absolute atomic E-state index is 1.14. The smallest absolute Gasteiger partial charge is 0.0381 e. The number of anilines is 1. The van der Waals surface area contributed by atoms with Gasteiger partial charge in [-0.2, -0.15) is 0 Å². The maximum atomic E-state index is 3.51. The molecule has 0 radical (unpaired) electrons. The molecule has 1 nitrogen and oxygen atoms in total. The van der Waals surface area contributed by atoms with Crippen molar-refractivity contribution in [2.45, 2.75) is 25.7 Å². The summed E-state index contributed by atoms with van der Waals surface area (Å²) in [5, 5.41) is 3.51. The second-order valence-electron chi connectivity index (χ2n) is 4.66. The maximum absolute atomic E-state index is 3.51. The molecule has 0 fully saturated rings. The molecule has 3 rings (SSSR count). The molecule has 0 atom stereocenters. The first-order valence-electron chi connectivity index (χ1n) is 6.33. The molecule has 2 aliphatic rings. The molecule has 0 bridgehead atoms. The molecule has 0 amide bonds. The fourth-order valence-corrected chi connectivity index (χ4v) is 2.50. The van der Waals surface area contributed by atoms with Gasteiger partial charge in [-0.05, 0) is 49.5 Å². The number of hydrogen-bond acceptors (Lipinski definition) is 1. The van der Waals surface area contributed by atoms with E-state index in [0.29, 0.717) is 0 Å². The van der Waals surface area contributed by atoms with Gasteiger partial charge in [0.05, 0.1) is 0 Å². The Hall–Kier alpha value is -1.76. The third kappa shape index (κ3) is 2.33. The van der Waals surface area contributed by atoms with Crippen LogP contribution in [0.5, 0.6) is 0 Å². The largest absolute Gasteiger partial charge is 0.359 e. The van der Waals surface area contributed by atoms with Gasteiger partial charge in [-0.1, -0.05) is 35.9 Å². The summed E-state index contributed by atoms with van der Waals surface area (Å²) in [6.45, 7) is 0. The molecular weight excluding hydrogens is 206 g/mol. The predicted molar refractivity (Wildman–Crippen MR) is 72.8 cm³/mol. The lowest BCUT2D eigenvalue weighted by Gasteiger charge is -2.21. The molecule has 0 aliphatic heterocycles. The molecule has 0 spiro atoms. The van der Waals surface area contributed by atoms with Gasteiger partial charge in [0.15, 0.2) is 0 Å². The Morgan fingerprint density at radius 2 is 1.82 bits per heavy atom. The Labute approximate surface area is 103 Å². The molecule has 0 aromatic heterocycles. The molecule has 0 saturated carbocycles.